The summed E-state index contributed by atoms with van der Waals surface area (Å²) in [7, 11) is 0. The molecular formula is C40H24N4O2. The lowest BCUT2D eigenvalue weighted by Gasteiger charge is -2.12. The highest BCUT2D eigenvalue weighted by Crippen LogP contribution is 2.38. The topological polar surface area (TPSA) is 73.8 Å². The van der Waals surface area contributed by atoms with E-state index < -0.39 is 0 Å². The number of hydrogen-bond acceptors (Lipinski definition) is 5. The molecule has 0 spiro atoms. The smallest absolute Gasteiger partial charge is 0.344 e. The SMILES string of the molecule is O=c1oc2c(ccc3c4ccccc4n(-c4cccc(-c5nc(-c6ccccc6)nc(-c6ccccc6)n5)c4)c32)c2ccccc12. The lowest BCUT2D eigenvalue weighted by Crippen LogP contribution is -2.02. The fourth-order valence-corrected chi connectivity index (χ4v) is 6.38. The van der Waals surface area contributed by atoms with Crippen LogP contribution >= 0.6 is 0 Å². The van der Waals surface area contributed by atoms with Gasteiger partial charge in [-0.05, 0) is 35.7 Å². The van der Waals surface area contributed by atoms with Crippen LogP contribution in [0.5, 0.6) is 0 Å². The third-order valence-electron chi connectivity index (χ3n) is 8.48. The van der Waals surface area contributed by atoms with Gasteiger partial charge in [0.25, 0.3) is 0 Å². The molecule has 6 aromatic carbocycles. The minimum absolute atomic E-state index is 0.353. The van der Waals surface area contributed by atoms with Crippen LogP contribution in [-0.4, -0.2) is 19.5 Å². The summed E-state index contributed by atoms with van der Waals surface area (Å²) in [4.78, 5) is 28.0. The molecule has 0 saturated carbocycles. The predicted molar refractivity (Wildman–Crippen MR) is 184 cm³/mol. The molecule has 3 heterocycles. The molecule has 216 valence electrons. The third kappa shape index (κ3) is 4.12. The van der Waals surface area contributed by atoms with Crippen molar-refractivity contribution in [3.05, 3.63) is 156 Å². The monoisotopic (exact) mass is 592 g/mol. The van der Waals surface area contributed by atoms with Gasteiger partial charge in [0, 0.05) is 38.5 Å². The van der Waals surface area contributed by atoms with Crippen molar-refractivity contribution < 1.29 is 4.42 Å². The largest absolute Gasteiger partial charge is 0.420 e. The van der Waals surface area contributed by atoms with E-state index in [9.17, 15) is 4.79 Å². The van der Waals surface area contributed by atoms with Gasteiger partial charge in [-0.2, -0.15) is 0 Å². The van der Waals surface area contributed by atoms with E-state index in [0.717, 1.165) is 55.0 Å². The first-order valence-corrected chi connectivity index (χ1v) is 15.1. The first-order chi connectivity index (χ1) is 22.7. The number of rotatable bonds is 4. The third-order valence-corrected chi connectivity index (χ3v) is 8.48. The second-order valence-electron chi connectivity index (χ2n) is 11.2. The highest BCUT2D eigenvalue weighted by Gasteiger charge is 2.19. The molecule has 9 aromatic rings. The summed E-state index contributed by atoms with van der Waals surface area (Å²) in [6, 6.07) is 48.1. The van der Waals surface area contributed by atoms with Crippen LogP contribution in [-0.2, 0) is 0 Å². The van der Waals surface area contributed by atoms with Crippen LogP contribution in [0.4, 0.5) is 0 Å². The van der Waals surface area contributed by atoms with Crippen molar-refractivity contribution in [1.82, 2.24) is 19.5 Å². The molecule has 3 aromatic heterocycles. The normalized spacial score (nSPS) is 11.6. The van der Waals surface area contributed by atoms with E-state index in [2.05, 4.69) is 41.0 Å². The lowest BCUT2D eigenvalue weighted by atomic mass is 10.1. The van der Waals surface area contributed by atoms with Gasteiger partial charge in [0.1, 0.15) is 0 Å². The van der Waals surface area contributed by atoms with E-state index >= 15 is 0 Å². The Bertz CT molecular complexity index is 2600. The second kappa shape index (κ2) is 10.4. The van der Waals surface area contributed by atoms with Crippen molar-refractivity contribution in [3.8, 4) is 39.9 Å². The van der Waals surface area contributed by atoms with Crippen molar-refractivity contribution >= 4 is 43.5 Å². The molecule has 0 aliphatic carbocycles. The van der Waals surface area contributed by atoms with E-state index in [1.165, 1.54) is 0 Å². The Hall–Kier alpha value is -6.40. The summed E-state index contributed by atoms with van der Waals surface area (Å²) in [5, 5.41) is 4.40. The Balaban J connectivity index is 1.32. The molecule has 6 nitrogen and oxygen atoms in total. The summed E-state index contributed by atoms with van der Waals surface area (Å²) < 4.78 is 8.29. The molecule has 0 saturated heterocycles. The number of aromatic nitrogens is 4. The molecule has 9 rings (SSSR count). The molecule has 0 fully saturated rings. The van der Waals surface area contributed by atoms with Crippen molar-refractivity contribution in [1.29, 1.82) is 0 Å². The number of fused-ring (bicyclic) bond motifs is 7. The van der Waals surface area contributed by atoms with Crippen LogP contribution < -0.4 is 5.63 Å². The molecule has 0 radical (unpaired) electrons. The zero-order valence-electron chi connectivity index (χ0n) is 24.5. The number of benzene rings is 6. The molecule has 0 atom stereocenters. The number of hydrogen-bond donors (Lipinski definition) is 0. The average Bonchev–Trinajstić information content (AvgIpc) is 3.47. The van der Waals surface area contributed by atoms with Crippen molar-refractivity contribution in [3.63, 3.8) is 0 Å². The Kier molecular flexibility index (Phi) is 5.86. The van der Waals surface area contributed by atoms with Gasteiger partial charge < -0.3 is 8.98 Å². The Labute approximate surface area is 262 Å². The van der Waals surface area contributed by atoms with E-state index in [-0.39, 0.29) is 5.63 Å². The minimum Gasteiger partial charge on any atom is -0.420 e. The summed E-state index contributed by atoms with van der Waals surface area (Å²) in [5.74, 6) is 1.77. The van der Waals surface area contributed by atoms with Crippen LogP contribution in [0.2, 0.25) is 0 Å². The summed E-state index contributed by atoms with van der Waals surface area (Å²) in [6.45, 7) is 0. The summed E-state index contributed by atoms with van der Waals surface area (Å²) in [5.41, 5.74) is 5.61. The van der Waals surface area contributed by atoms with Gasteiger partial charge in [0.2, 0.25) is 0 Å². The van der Waals surface area contributed by atoms with Gasteiger partial charge in [-0.15, -0.1) is 0 Å². The Morgan fingerprint density at radius 1 is 0.457 bits per heavy atom. The van der Waals surface area contributed by atoms with Crippen molar-refractivity contribution in [2.45, 2.75) is 0 Å². The fourth-order valence-electron chi connectivity index (χ4n) is 6.38. The van der Waals surface area contributed by atoms with Crippen molar-refractivity contribution in [2.24, 2.45) is 0 Å². The van der Waals surface area contributed by atoms with Gasteiger partial charge in [0.05, 0.1) is 16.4 Å². The molecule has 6 heteroatoms. The maximum absolute atomic E-state index is 13.2. The quantitative estimate of drug-likeness (QED) is 0.150. The minimum atomic E-state index is -0.353. The molecule has 0 aliphatic rings. The zero-order chi connectivity index (χ0) is 30.6. The predicted octanol–water partition coefficient (Wildman–Crippen LogP) is 9.23. The van der Waals surface area contributed by atoms with Gasteiger partial charge in [-0.25, -0.2) is 19.7 Å². The van der Waals surface area contributed by atoms with E-state index in [1.807, 2.05) is 109 Å². The van der Waals surface area contributed by atoms with Gasteiger partial charge in [-0.3, -0.25) is 0 Å². The lowest BCUT2D eigenvalue weighted by molar-refractivity contribution is 0.572. The first-order valence-electron chi connectivity index (χ1n) is 15.1. The second-order valence-corrected chi connectivity index (χ2v) is 11.2. The van der Waals surface area contributed by atoms with Crippen LogP contribution in [0.3, 0.4) is 0 Å². The average molecular weight is 593 g/mol. The van der Waals surface area contributed by atoms with E-state index in [0.29, 0.717) is 28.4 Å². The summed E-state index contributed by atoms with van der Waals surface area (Å²) >= 11 is 0. The molecular weight excluding hydrogens is 568 g/mol. The number of para-hydroxylation sites is 1. The van der Waals surface area contributed by atoms with Gasteiger partial charge in [0.15, 0.2) is 23.1 Å². The van der Waals surface area contributed by atoms with Gasteiger partial charge >= 0.3 is 5.63 Å². The van der Waals surface area contributed by atoms with Crippen LogP contribution in [0.25, 0.3) is 83.4 Å². The van der Waals surface area contributed by atoms with Crippen molar-refractivity contribution in [2.75, 3.05) is 0 Å². The Morgan fingerprint density at radius 2 is 1.00 bits per heavy atom. The standard InChI is InChI=1S/C40H24N4O2/c45-40-33-20-8-7-18-29(33)32-23-22-31-30-19-9-10-21-34(30)44(35(31)36(32)46-40)28-17-11-16-27(24-28)39-42-37(25-12-3-1-4-13-25)41-38(43-39)26-14-5-2-6-15-26/h1-24H. The van der Waals surface area contributed by atoms with Crippen LogP contribution in [0.1, 0.15) is 0 Å². The maximum Gasteiger partial charge on any atom is 0.344 e. The van der Waals surface area contributed by atoms with Crippen LogP contribution in [0.15, 0.2) is 155 Å². The molecule has 0 unspecified atom stereocenters. The number of nitrogens with zero attached hydrogens (tertiary/aromatic N) is 4. The van der Waals surface area contributed by atoms with Gasteiger partial charge in [-0.1, -0.05) is 115 Å². The zero-order valence-corrected chi connectivity index (χ0v) is 24.5. The maximum atomic E-state index is 13.2. The van der Waals surface area contributed by atoms with E-state index in [1.54, 1.807) is 0 Å². The highest BCUT2D eigenvalue weighted by molar-refractivity contribution is 6.20. The van der Waals surface area contributed by atoms with E-state index in [4.69, 9.17) is 19.4 Å². The molecule has 0 N–H and O–H groups in total. The highest BCUT2D eigenvalue weighted by atomic mass is 16.4. The fraction of sp³-hybridized carbons (Fsp3) is 0. The molecule has 46 heavy (non-hydrogen) atoms. The molecule has 0 bridgehead atoms. The molecule has 0 aliphatic heterocycles. The first kappa shape index (κ1) is 26.0. The molecule has 0 amide bonds. The van der Waals surface area contributed by atoms with Crippen LogP contribution in [0, 0.1) is 0 Å². The summed E-state index contributed by atoms with van der Waals surface area (Å²) in [6.07, 6.45) is 0. The Morgan fingerprint density at radius 3 is 1.70 bits per heavy atom.